The summed E-state index contributed by atoms with van der Waals surface area (Å²) in [6.07, 6.45) is 1.97. The Hall–Kier alpha value is -0.850. The molecular weight excluding hydrogens is 210 g/mol. The molecule has 2 fully saturated rings. The molecule has 0 bridgehead atoms. The van der Waals surface area contributed by atoms with Crippen LogP contribution in [0.1, 0.15) is 12.8 Å². The summed E-state index contributed by atoms with van der Waals surface area (Å²) in [7, 11) is 0. The standard InChI is InChI=1S/C10H19N3O3/c11-10(12-14)9-6-13(3-5-16-9)8-2-1-4-15-7-8/h8-9,14H,1-7H2,(H2,11,12). The van der Waals surface area contributed by atoms with Gasteiger partial charge in [0.2, 0.25) is 0 Å². The number of nitrogens with zero attached hydrogens (tertiary/aromatic N) is 2. The third-order valence-corrected chi connectivity index (χ3v) is 3.20. The van der Waals surface area contributed by atoms with Crippen molar-refractivity contribution >= 4 is 5.84 Å². The average Bonchev–Trinajstić information content (AvgIpc) is 2.39. The molecule has 92 valence electrons. The molecule has 6 heteroatoms. The van der Waals surface area contributed by atoms with Gasteiger partial charge in [-0.1, -0.05) is 5.16 Å². The second kappa shape index (κ2) is 5.47. The lowest BCUT2D eigenvalue weighted by atomic mass is 10.1. The van der Waals surface area contributed by atoms with Gasteiger partial charge in [0.05, 0.1) is 13.2 Å². The van der Waals surface area contributed by atoms with E-state index in [1.165, 1.54) is 0 Å². The monoisotopic (exact) mass is 229 g/mol. The Morgan fingerprint density at radius 3 is 3.00 bits per heavy atom. The van der Waals surface area contributed by atoms with Gasteiger partial charge in [-0.05, 0) is 12.8 Å². The van der Waals surface area contributed by atoms with Crippen molar-refractivity contribution in [2.24, 2.45) is 10.9 Å². The normalized spacial score (nSPS) is 33.9. The number of ether oxygens (including phenoxy) is 2. The Balaban J connectivity index is 1.90. The molecule has 2 aliphatic heterocycles. The van der Waals surface area contributed by atoms with E-state index in [0.29, 0.717) is 19.2 Å². The van der Waals surface area contributed by atoms with E-state index in [1.54, 1.807) is 0 Å². The maximum absolute atomic E-state index is 8.62. The number of morpholine rings is 1. The van der Waals surface area contributed by atoms with Crippen molar-refractivity contribution in [3.8, 4) is 0 Å². The summed E-state index contributed by atoms with van der Waals surface area (Å²) in [6, 6.07) is 0.451. The van der Waals surface area contributed by atoms with E-state index >= 15 is 0 Å². The number of rotatable bonds is 2. The van der Waals surface area contributed by atoms with Gasteiger partial charge in [-0.2, -0.15) is 0 Å². The highest BCUT2D eigenvalue weighted by molar-refractivity contribution is 5.84. The fourth-order valence-corrected chi connectivity index (χ4v) is 2.26. The molecule has 16 heavy (non-hydrogen) atoms. The van der Waals surface area contributed by atoms with E-state index in [0.717, 1.165) is 32.6 Å². The molecule has 2 rings (SSSR count). The first-order valence-corrected chi connectivity index (χ1v) is 5.72. The van der Waals surface area contributed by atoms with Crippen molar-refractivity contribution < 1.29 is 14.7 Å². The van der Waals surface area contributed by atoms with Gasteiger partial charge in [-0.25, -0.2) is 0 Å². The second-order valence-electron chi connectivity index (χ2n) is 4.25. The predicted molar refractivity (Wildman–Crippen MR) is 58.6 cm³/mol. The van der Waals surface area contributed by atoms with Gasteiger partial charge in [0, 0.05) is 25.7 Å². The Kier molecular flexibility index (Phi) is 3.98. The molecular formula is C10H19N3O3. The first-order chi connectivity index (χ1) is 7.81. The molecule has 0 aliphatic carbocycles. The third-order valence-electron chi connectivity index (χ3n) is 3.20. The second-order valence-corrected chi connectivity index (χ2v) is 4.25. The van der Waals surface area contributed by atoms with Crippen LogP contribution in [0.25, 0.3) is 0 Å². The summed E-state index contributed by atoms with van der Waals surface area (Å²) in [5, 5.41) is 11.6. The number of oxime groups is 1. The quantitative estimate of drug-likeness (QED) is 0.292. The predicted octanol–water partition coefficient (Wildman–Crippen LogP) is -0.387. The fraction of sp³-hybridized carbons (Fsp3) is 0.900. The highest BCUT2D eigenvalue weighted by Gasteiger charge is 2.29. The van der Waals surface area contributed by atoms with Crippen LogP contribution in [0.2, 0.25) is 0 Å². The molecule has 6 nitrogen and oxygen atoms in total. The summed E-state index contributed by atoms with van der Waals surface area (Å²) in [5.74, 6) is 0.154. The van der Waals surface area contributed by atoms with Crippen molar-refractivity contribution in [2.45, 2.75) is 25.0 Å². The zero-order valence-corrected chi connectivity index (χ0v) is 9.34. The van der Waals surface area contributed by atoms with Crippen LogP contribution in [-0.4, -0.2) is 61.0 Å². The zero-order valence-electron chi connectivity index (χ0n) is 9.34. The van der Waals surface area contributed by atoms with Crippen molar-refractivity contribution in [3.63, 3.8) is 0 Å². The molecule has 0 aromatic heterocycles. The van der Waals surface area contributed by atoms with Gasteiger partial charge in [0.25, 0.3) is 0 Å². The molecule has 2 unspecified atom stereocenters. The van der Waals surface area contributed by atoms with Crippen LogP contribution in [0.15, 0.2) is 5.16 Å². The van der Waals surface area contributed by atoms with E-state index in [9.17, 15) is 0 Å². The summed E-state index contributed by atoms with van der Waals surface area (Å²) in [4.78, 5) is 2.31. The van der Waals surface area contributed by atoms with Gasteiger partial charge in [0.15, 0.2) is 5.84 Å². The lowest BCUT2D eigenvalue weighted by Gasteiger charge is -2.39. The molecule has 2 saturated heterocycles. The van der Waals surface area contributed by atoms with Gasteiger partial charge in [-0.3, -0.25) is 4.90 Å². The number of nitrogens with two attached hydrogens (primary N) is 1. The molecule has 3 N–H and O–H groups in total. The molecule has 0 aromatic carbocycles. The van der Waals surface area contributed by atoms with Gasteiger partial charge >= 0.3 is 0 Å². The highest BCUT2D eigenvalue weighted by Crippen LogP contribution is 2.16. The molecule has 2 aliphatic rings. The lowest BCUT2D eigenvalue weighted by molar-refractivity contribution is -0.0485. The van der Waals surface area contributed by atoms with Crippen LogP contribution >= 0.6 is 0 Å². The number of hydrogen-bond donors (Lipinski definition) is 2. The number of hydrogen-bond acceptors (Lipinski definition) is 5. The van der Waals surface area contributed by atoms with Crippen LogP contribution in [-0.2, 0) is 9.47 Å². The largest absolute Gasteiger partial charge is 0.409 e. The average molecular weight is 229 g/mol. The van der Waals surface area contributed by atoms with E-state index < -0.39 is 0 Å². The van der Waals surface area contributed by atoms with Crippen LogP contribution in [0.5, 0.6) is 0 Å². The maximum atomic E-state index is 8.62. The molecule has 2 atom stereocenters. The summed E-state index contributed by atoms with van der Waals surface area (Å²) in [6.45, 7) is 3.85. The molecule has 0 aromatic rings. The fourth-order valence-electron chi connectivity index (χ4n) is 2.26. The minimum absolute atomic E-state index is 0.154. The molecule has 0 amide bonds. The third kappa shape index (κ3) is 2.63. The first kappa shape index (κ1) is 11.6. The van der Waals surface area contributed by atoms with E-state index in [-0.39, 0.29) is 11.9 Å². The zero-order chi connectivity index (χ0) is 11.4. The van der Waals surface area contributed by atoms with Crippen LogP contribution in [0, 0.1) is 0 Å². The van der Waals surface area contributed by atoms with E-state index in [2.05, 4.69) is 10.1 Å². The SMILES string of the molecule is NC(=NO)C1CN(C2CCCOC2)CCO1. The Morgan fingerprint density at radius 2 is 2.31 bits per heavy atom. The van der Waals surface area contributed by atoms with E-state index in [4.69, 9.17) is 20.4 Å². The molecule has 0 saturated carbocycles. The minimum Gasteiger partial charge on any atom is -0.409 e. The Bertz CT molecular complexity index is 254. The van der Waals surface area contributed by atoms with Crippen molar-refractivity contribution in [2.75, 3.05) is 32.9 Å². The summed E-state index contributed by atoms with van der Waals surface area (Å²) in [5.41, 5.74) is 5.56. The maximum Gasteiger partial charge on any atom is 0.169 e. The molecule has 2 heterocycles. The van der Waals surface area contributed by atoms with Gasteiger partial charge < -0.3 is 20.4 Å². The van der Waals surface area contributed by atoms with Crippen molar-refractivity contribution in [3.05, 3.63) is 0 Å². The van der Waals surface area contributed by atoms with Crippen LogP contribution in [0.4, 0.5) is 0 Å². The summed E-state index contributed by atoms with van der Waals surface area (Å²) >= 11 is 0. The Labute approximate surface area is 95.0 Å². The minimum atomic E-state index is -0.291. The van der Waals surface area contributed by atoms with Crippen LogP contribution in [0.3, 0.4) is 0 Å². The van der Waals surface area contributed by atoms with Crippen molar-refractivity contribution in [1.29, 1.82) is 0 Å². The lowest BCUT2D eigenvalue weighted by Crippen LogP contribution is -2.53. The first-order valence-electron chi connectivity index (χ1n) is 5.72. The smallest absolute Gasteiger partial charge is 0.169 e. The van der Waals surface area contributed by atoms with Crippen molar-refractivity contribution in [1.82, 2.24) is 4.90 Å². The molecule has 0 spiro atoms. The number of amidine groups is 1. The van der Waals surface area contributed by atoms with Gasteiger partial charge in [-0.15, -0.1) is 0 Å². The topological polar surface area (TPSA) is 80.3 Å². The highest BCUT2D eigenvalue weighted by atomic mass is 16.5. The Morgan fingerprint density at radius 1 is 1.44 bits per heavy atom. The molecule has 0 radical (unpaired) electrons. The van der Waals surface area contributed by atoms with Gasteiger partial charge in [0.1, 0.15) is 6.10 Å². The summed E-state index contributed by atoms with van der Waals surface area (Å²) < 4.78 is 10.9. The van der Waals surface area contributed by atoms with Crippen LogP contribution < -0.4 is 5.73 Å². The van der Waals surface area contributed by atoms with E-state index in [1.807, 2.05) is 0 Å².